The lowest BCUT2D eigenvalue weighted by Gasteiger charge is -2.07. The lowest BCUT2D eigenvalue weighted by molar-refractivity contribution is -0.113. The number of hydrogen-bond acceptors (Lipinski definition) is 8. The summed E-state index contributed by atoms with van der Waals surface area (Å²) in [6, 6.07) is 11.1. The Bertz CT molecular complexity index is 1060. The number of carbonyl (C=O) groups is 1. The minimum atomic E-state index is -0.172. The van der Waals surface area contributed by atoms with Crippen LogP contribution in [0.25, 0.3) is 17.1 Å². The number of methoxy groups -OCH3 is 1. The molecule has 0 unspecified atom stereocenters. The van der Waals surface area contributed by atoms with Crippen LogP contribution in [0, 0.1) is 0 Å². The van der Waals surface area contributed by atoms with Crippen LogP contribution in [0.15, 0.2) is 63.9 Å². The van der Waals surface area contributed by atoms with Gasteiger partial charge in [-0.3, -0.25) is 9.36 Å². The van der Waals surface area contributed by atoms with Crippen LogP contribution in [0.4, 0.5) is 5.13 Å². The van der Waals surface area contributed by atoms with Gasteiger partial charge in [-0.2, -0.15) is 0 Å². The summed E-state index contributed by atoms with van der Waals surface area (Å²) in [6.07, 6.45) is 3.20. The fraction of sp³-hybridized carbons (Fsp3) is 0.111. The van der Waals surface area contributed by atoms with Crippen molar-refractivity contribution in [3.05, 3.63) is 54.4 Å². The van der Waals surface area contributed by atoms with Crippen molar-refractivity contribution in [3.63, 3.8) is 0 Å². The van der Waals surface area contributed by atoms with E-state index >= 15 is 0 Å². The van der Waals surface area contributed by atoms with Crippen LogP contribution >= 0.6 is 23.1 Å². The summed E-state index contributed by atoms with van der Waals surface area (Å²) in [5.41, 5.74) is 1.58. The zero-order valence-electron chi connectivity index (χ0n) is 14.7. The van der Waals surface area contributed by atoms with E-state index in [1.807, 2.05) is 40.3 Å². The highest BCUT2D eigenvalue weighted by Crippen LogP contribution is 2.26. The van der Waals surface area contributed by atoms with E-state index < -0.39 is 0 Å². The third-order valence-electron chi connectivity index (χ3n) is 3.72. The van der Waals surface area contributed by atoms with Gasteiger partial charge in [0, 0.05) is 11.1 Å². The van der Waals surface area contributed by atoms with Crippen LogP contribution in [0.1, 0.15) is 0 Å². The van der Waals surface area contributed by atoms with E-state index in [1.54, 1.807) is 25.8 Å². The smallest absolute Gasteiger partial charge is 0.236 e. The Labute approximate surface area is 168 Å². The number of aromatic nitrogens is 4. The van der Waals surface area contributed by atoms with Gasteiger partial charge in [0.05, 0.1) is 19.1 Å². The van der Waals surface area contributed by atoms with Gasteiger partial charge in [0.25, 0.3) is 0 Å². The summed E-state index contributed by atoms with van der Waals surface area (Å²) in [5.74, 6) is 1.45. The van der Waals surface area contributed by atoms with Crippen molar-refractivity contribution in [1.82, 2.24) is 19.7 Å². The zero-order chi connectivity index (χ0) is 19.3. The van der Waals surface area contributed by atoms with Crippen molar-refractivity contribution in [1.29, 1.82) is 0 Å². The molecule has 0 aliphatic rings. The van der Waals surface area contributed by atoms with Crippen molar-refractivity contribution in [2.45, 2.75) is 5.16 Å². The van der Waals surface area contributed by atoms with Gasteiger partial charge in [-0.25, -0.2) is 4.98 Å². The first kappa shape index (κ1) is 18.3. The molecule has 28 heavy (non-hydrogen) atoms. The maximum Gasteiger partial charge on any atom is 0.236 e. The molecule has 0 aliphatic carbocycles. The number of thiazole rings is 1. The summed E-state index contributed by atoms with van der Waals surface area (Å²) in [7, 11) is 1.62. The molecule has 3 heterocycles. The molecule has 1 N–H and O–H groups in total. The highest BCUT2D eigenvalue weighted by Gasteiger charge is 2.13. The molecule has 0 radical (unpaired) electrons. The molecule has 0 saturated heterocycles. The molecule has 0 bridgehead atoms. The van der Waals surface area contributed by atoms with Gasteiger partial charge < -0.3 is 14.5 Å². The first-order valence-corrected chi connectivity index (χ1v) is 10.1. The summed E-state index contributed by atoms with van der Waals surface area (Å²) >= 11 is 2.64. The SMILES string of the molecule is COc1ccc(-n2cnnc2SCC(=O)Nc2nc(-c3ccco3)cs2)cc1. The molecule has 142 valence electrons. The fourth-order valence-corrected chi connectivity index (χ4v) is 3.84. The number of benzene rings is 1. The van der Waals surface area contributed by atoms with Crippen molar-refractivity contribution in [2.24, 2.45) is 0 Å². The second-order valence-electron chi connectivity index (χ2n) is 5.53. The second kappa shape index (κ2) is 8.28. The van der Waals surface area contributed by atoms with Crippen molar-refractivity contribution >= 4 is 34.1 Å². The van der Waals surface area contributed by atoms with Crippen LogP contribution in [0.2, 0.25) is 0 Å². The van der Waals surface area contributed by atoms with Gasteiger partial charge in [-0.15, -0.1) is 21.5 Å². The third kappa shape index (κ3) is 4.07. The number of furan rings is 1. The number of amides is 1. The van der Waals surface area contributed by atoms with Crippen LogP contribution in [-0.4, -0.2) is 38.5 Å². The van der Waals surface area contributed by atoms with Gasteiger partial charge in [-0.1, -0.05) is 11.8 Å². The average Bonchev–Trinajstić information content (AvgIpc) is 3.47. The molecule has 4 rings (SSSR count). The first-order chi connectivity index (χ1) is 13.7. The number of hydrogen-bond donors (Lipinski definition) is 1. The van der Waals surface area contributed by atoms with Crippen molar-refractivity contribution in [2.75, 3.05) is 18.2 Å². The van der Waals surface area contributed by atoms with Crippen molar-refractivity contribution < 1.29 is 13.9 Å². The quantitative estimate of drug-likeness (QED) is 0.461. The Balaban J connectivity index is 1.37. The van der Waals surface area contributed by atoms with Gasteiger partial charge >= 0.3 is 0 Å². The van der Waals surface area contributed by atoms with E-state index in [1.165, 1.54) is 23.1 Å². The minimum absolute atomic E-state index is 0.172. The molecule has 0 aliphatic heterocycles. The average molecular weight is 413 g/mol. The van der Waals surface area contributed by atoms with Crippen LogP contribution in [-0.2, 0) is 4.79 Å². The molecule has 3 aromatic heterocycles. The standard InChI is InChI=1S/C18H15N5O3S2/c1-25-13-6-4-12(5-7-13)23-11-19-22-18(23)28-10-16(24)21-17-20-14(9-27-17)15-3-2-8-26-15/h2-9,11H,10H2,1H3,(H,20,21,24). The van der Waals surface area contributed by atoms with E-state index in [9.17, 15) is 4.79 Å². The molecule has 0 fully saturated rings. The second-order valence-corrected chi connectivity index (χ2v) is 7.33. The van der Waals surface area contributed by atoms with E-state index in [2.05, 4.69) is 20.5 Å². The summed E-state index contributed by atoms with van der Waals surface area (Å²) in [5, 5.41) is 13.8. The normalized spacial score (nSPS) is 10.8. The highest BCUT2D eigenvalue weighted by molar-refractivity contribution is 7.99. The molecular formula is C18H15N5O3S2. The Morgan fingerprint density at radius 2 is 2.18 bits per heavy atom. The van der Waals surface area contributed by atoms with E-state index in [4.69, 9.17) is 9.15 Å². The molecule has 8 nitrogen and oxygen atoms in total. The van der Waals surface area contributed by atoms with Gasteiger partial charge in [0.15, 0.2) is 16.0 Å². The molecule has 10 heteroatoms. The highest BCUT2D eigenvalue weighted by atomic mass is 32.2. The molecule has 1 amide bonds. The predicted molar refractivity (Wildman–Crippen MR) is 107 cm³/mol. The molecule has 1 aromatic carbocycles. The third-order valence-corrected chi connectivity index (χ3v) is 5.42. The maximum atomic E-state index is 12.3. The lowest BCUT2D eigenvalue weighted by atomic mass is 10.3. The first-order valence-electron chi connectivity index (χ1n) is 8.19. The van der Waals surface area contributed by atoms with Crippen LogP contribution in [0.3, 0.4) is 0 Å². The predicted octanol–water partition coefficient (Wildman–Crippen LogP) is 3.72. The van der Waals surface area contributed by atoms with E-state index in [0.29, 0.717) is 21.7 Å². The van der Waals surface area contributed by atoms with Crippen LogP contribution < -0.4 is 10.1 Å². The molecule has 0 saturated carbocycles. The molecule has 0 atom stereocenters. The number of rotatable bonds is 7. The number of nitrogens with zero attached hydrogens (tertiary/aromatic N) is 4. The van der Waals surface area contributed by atoms with Gasteiger partial charge in [0.1, 0.15) is 17.8 Å². The number of carbonyl (C=O) groups excluding carboxylic acids is 1. The molecule has 4 aromatic rings. The molecular weight excluding hydrogens is 398 g/mol. The van der Waals surface area contributed by atoms with Crippen molar-refractivity contribution in [3.8, 4) is 22.9 Å². The summed E-state index contributed by atoms with van der Waals surface area (Å²) in [4.78, 5) is 16.6. The summed E-state index contributed by atoms with van der Waals surface area (Å²) < 4.78 is 12.3. The maximum absolute atomic E-state index is 12.3. The Hall–Kier alpha value is -3.11. The topological polar surface area (TPSA) is 95.1 Å². The number of anilines is 1. The van der Waals surface area contributed by atoms with Gasteiger partial charge in [-0.05, 0) is 36.4 Å². The Morgan fingerprint density at radius 3 is 2.93 bits per heavy atom. The van der Waals surface area contributed by atoms with Crippen LogP contribution in [0.5, 0.6) is 5.75 Å². The summed E-state index contributed by atoms with van der Waals surface area (Å²) in [6.45, 7) is 0. The fourth-order valence-electron chi connectivity index (χ4n) is 2.40. The Morgan fingerprint density at radius 1 is 1.32 bits per heavy atom. The molecule has 0 spiro atoms. The zero-order valence-corrected chi connectivity index (χ0v) is 16.4. The van der Waals surface area contributed by atoms with Gasteiger partial charge in [0.2, 0.25) is 5.91 Å². The number of ether oxygens (including phenoxy) is 1. The van der Waals surface area contributed by atoms with E-state index in [-0.39, 0.29) is 11.7 Å². The minimum Gasteiger partial charge on any atom is -0.497 e. The van der Waals surface area contributed by atoms with E-state index in [0.717, 1.165) is 11.4 Å². The number of nitrogens with one attached hydrogen (secondary N) is 1. The number of thioether (sulfide) groups is 1. The monoisotopic (exact) mass is 413 g/mol. The Kier molecular flexibility index (Phi) is 5.40. The lowest BCUT2D eigenvalue weighted by Crippen LogP contribution is -2.14. The largest absolute Gasteiger partial charge is 0.497 e.